The van der Waals surface area contributed by atoms with E-state index >= 15 is 0 Å². The number of amides is 2. The SMILES string of the molecule is NC1=NC(=O)NC1c1ccc(F)cc1Br. The Kier molecular flexibility index (Phi) is 2.44. The zero-order chi connectivity index (χ0) is 11.0. The molecular formula is C9H7BrFN3O. The molecule has 3 N–H and O–H groups in total. The van der Waals surface area contributed by atoms with Gasteiger partial charge in [-0.05, 0) is 17.7 Å². The number of nitrogens with zero attached hydrogens (tertiary/aromatic N) is 1. The van der Waals surface area contributed by atoms with Crippen molar-refractivity contribution in [3.8, 4) is 0 Å². The van der Waals surface area contributed by atoms with Crippen molar-refractivity contribution in [2.24, 2.45) is 10.7 Å². The van der Waals surface area contributed by atoms with Crippen LogP contribution in [-0.2, 0) is 0 Å². The van der Waals surface area contributed by atoms with Crippen LogP contribution in [0.25, 0.3) is 0 Å². The maximum Gasteiger partial charge on any atom is 0.343 e. The molecule has 0 aliphatic carbocycles. The number of benzene rings is 1. The van der Waals surface area contributed by atoms with Gasteiger partial charge in [-0.25, -0.2) is 9.18 Å². The van der Waals surface area contributed by atoms with E-state index in [1.165, 1.54) is 12.1 Å². The van der Waals surface area contributed by atoms with Gasteiger partial charge >= 0.3 is 6.03 Å². The summed E-state index contributed by atoms with van der Waals surface area (Å²) in [5.41, 5.74) is 6.24. The first kappa shape index (κ1) is 10.1. The molecule has 1 aromatic carbocycles. The molecule has 6 heteroatoms. The van der Waals surface area contributed by atoms with Gasteiger partial charge in [-0.2, -0.15) is 4.99 Å². The Labute approximate surface area is 93.5 Å². The highest BCUT2D eigenvalue weighted by atomic mass is 79.9. The number of hydrogen-bond donors (Lipinski definition) is 2. The Bertz CT molecular complexity index is 461. The van der Waals surface area contributed by atoms with Crippen molar-refractivity contribution in [1.82, 2.24) is 5.32 Å². The van der Waals surface area contributed by atoms with Crippen molar-refractivity contribution < 1.29 is 9.18 Å². The molecule has 78 valence electrons. The Morgan fingerprint density at radius 2 is 2.27 bits per heavy atom. The van der Waals surface area contributed by atoms with Crippen molar-refractivity contribution in [1.29, 1.82) is 0 Å². The predicted molar refractivity (Wildman–Crippen MR) is 57.0 cm³/mol. The molecule has 0 radical (unpaired) electrons. The number of rotatable bonds is 1. The van der Waals surface area contributed by atoms with Gasteiger partial charge in [-0.15, -0.1) is 0 Å². The molecule has 2 rings (SSSR count). The van der Waals surface area contributed by atoms with Crippen molar-refractivity contribution in [3.05, 3.63) is 34.1 Å². The third-order valence-electron chi connectivity index (χ3n) is 2.07. The number of halogens is 2. The van der Waals surface area contributed by atoms with E-state index in [1.807, 2.05) is 0 Å². The molecule has 15 heavy (non-hydrogen) atoms. The van der Waals surface area contributed by atoms with Crippen LogP contribution in [0, 0.1) is 5.82 Å². The van der Waals surface area contributed by atoms with Crippen LogP contribution in [0.15, 0.2) is 27.7 Å². The van der Waals surface area contributed by atoms with E-state index < -0.39 is 12.1 Å². The van der Waals surface area contributed by atoms with Crippen molar-refractivity contribution >= 4 is 27.8 Å². The van der Waals surface area contributed by atoms with Gasteiger partial charge in [0.15, 0.2) is 0 Å². The van der Waals surface area contributed by atoms with Crippen LogP contribution in [-0.4, -0.2) is 11.9 Å². The van der Waals surface area contributed by atoms with E-state index in [-0.39, 0.29) is 11.7 Å². The molecule has 0 saturated heterocycles. The summed E-state index contributed by atoms with van der Waals surface area (Å²) in [4.78, 5) is 14.5. The number of carbonyl (C=O) groups excluding carboxylic acids is 1. The Morgan fingerprint density at radius 3 is 2.80 bits per heavy atom. The van der Waals surface area contributed by atoms with Gasteiger partial charge in [-0.3, -0.25) is 0 Å². The first-order valence-corrected chi connectivity index (χ1v) is 4.97. The van der Waals surface area contributed by atoms with Gasteiger partial charge in [0.1, 0.15) is 17.7 Å². The summed E-state index contributed by atoms with van der Waals surface area (Å²) in [6, 6.07) is 3.21. The second-order valence-corrected chi connectivity index (χ2v) is 3.94. The molecule has 0 saturated carbocycles. The van der Waals surface area contributed by atoms with Crippen molar-refractivity contribution in [2.75, 3.05) is 0 Å². The Balaban J connectivity index is 2.39. The summed E-state index contributed by atoms with van der Waals surface area (Å²) < 4.78 is 13.4. The average molecular weight is 272 g/mol. The van der Waals surface area contributed by atoms with Crippen LogP contribution in [0.4, 0.5) is 9.18 Å². The fourth-order valence-electron chi connectivity index (χ4n) is 1.38. The molecule has 0 fully saturated rings. The Morgan fingerprint density at radius 1 is 1.53 bits per heavy atom. The topological polar surface area (TPSA) is 67.5 Å². The smallest absolute Gasteiger partial charge is 0.343 e. The highest BCUT2D eigenvalue weighted by Crippen LogP contribution is 2.26. The number of nitrogens with one attached hydrogen (secondary N) is 1. The summed E-state index contributed by atoms with van der Waals surface area (Å²) in [7, 11) is 0. The third-order valence-corrected chi connectivity index (χ3v) is 2.75. The lowest BCUT2D eigenvalue weighted by atomic mass is 10.1. The quantitative estimate of drug-likeness (QED) is 0.817. The van der Waals surface area contributed by atoms with Crippen molar-refractivity contribution in [3.63, 3.8) is 0 Å². The summed E-state index contributed by atoms with van der Waals surface area (Å²) >= 11 is 3.20. The molecule has 1 aliphatic heterocycles. The fraction of sp³-hybridized carbons (Fsp3) is 0.111. The second kappa shape index (κ2) is 3.62. The lowest BCUT2D eigenvalue weighted by Crippen LogP contribution is -2.28. The first-order valence-electron chi connectivity index (χ1n) is 4.17. The zero-order valence-electron chi connectivity index (χ0n) is 7.50. The van der Waals surface area contributed by atoms with Crippen molar-refractivity contribution in [2.45, 2.75) is 6.04 Å². The molecule has 0 spiro atoms. The van der Waals surface area contributed by atoms with Crippen LogP contribution in [0.1, 0.15) is 11.6 Å². The fourth-order valence-corrected chi connectivity index (χ4v) is 1.96. The summed E-state index contributed by atoms with van der Waals surface area (Å²) in [6.45, 7) is 0. The predicted octanol–water partition coefficient (Wildman–Crippen LogP) is 1.71. The number of amidine groups is 1. The molecule has 1 heterocycles. The maximum absolute atomic E-state index is 12.8. The minimum Gasteiger partial charge on any atom is -0.385 e. The second-order valence-electron chi connectivity index (χ2n) is 3.09. The van der Waals surface area contributed by atoms with Crippen LogP contribution in [0.5, 0.6) is 0 Å². The molecule has 1 aliphatic rings. The van der Waals surface area contributed by atoms with E-state index in [0.29, 0.717) is 10.0 Å². The summed E-state index contributed by atoms with van der Waals surface area (Å²) in [6.07, 6.45) is 0. The number of aliphatic imine (C=N–C) groups is 1. The first-order chi connectivity index (χ1) is 7.08. The molecule has 1 atom stereocenters. The minimum atomic E-state index is -0.479. The van der Waals surface area contributed by atoms with Gasteiger partial charge in [0.2, 0.25) is 0 Å². The number of urea groups is 1. The highest BCUT2D eigenvalue weighted by Gasteiger charge is 2.26. The van der Waals surface area contributed by atoms with E-state index in [1.54, 1.807) is 6.07 Å². The molecule has 0 bridgehead atoms. The number of nitrogens with two attached hydrogens (primary N) is 1. The van der Waals surface area contributed by atoms with Crippen LogP contribution >= 0.6 is 15.9 Å². The molecule has 0 aromatic heterocycles. The van der Waals surface area contributed by atoms with Crippen LogP contribution < -0.4 is 11.1 Å². The summed E-state index contributed by atoms with van der Waals surface area (Å²) in [5, 5.41) is 2.56. The maximum atomic E-state index is 12.8. The van der Waals surface area contributed by atoms with E-state index in [9.17, 15) is 9.18 Å². The monoisotopic (exact) mass is 271 g/mol. The highest BCUT2D eigenvalue weighted by molar-refractivity contribution is 9.10. The molecule has 4 nitrogen and oxygen atoms in total. The average Bonchev–Trinajstić information content (AvgIpc) is 2.45. The van der Waals surface area contributed by atoms with Gasteiger partial charge in [0.05, 0.1) is 0 Å². The Hall–Kier alpha value is -1.43. The van der Waals surface area contributed by atoms with E-state index in [2.05, 4.69) is 26.2 Å². The van der Waals surface area contributed by atoms with E-state index in [4.69, 9.17) is 5.73 Å². The largest absolute Gasteiger partial charge is 0.385 e. The standard InChI is InChI=1S/C9H7BrFN3O/c10-6-3-4(11)1-2-5(6)7-8(12)14-9(15)13-7/h1-3,7H,(H3,12,13,14,15). The number of hydrogen-bond acceptors (Lipinski definition) is 2. The molecule has 2 amide bonds. The molecular weight excluding hydrogens is 265 g/mol. The van der Waals surface area contributed by atoms with Crippen LogP contribution in [0.3, 0.4) is 0 Å². The van der Waals surface area contributed by atoms with E-state index in [0.717, 1.165) is 0 Å². The third kappa shape index (κ3) is 1.85. The summed E-state index contributed by atoms with van der Waals surface area (Å²) in [5.74, 6) is -0.169. The van der Waals surface area contributed by atoms with Gasteiger partial charge < -0.3 is 11.1 Å². The van der Waals surface area contributed by atoms with Gasteiger partial charge in [-0.1, -0.05) is 22.0 Å². The normalized spacial score (nSPS) is 20.0. The lowest BCUT2D eigenvalue weighted by molar-refractivity contribution is 0.250. The van der Waals surface area contributed by atoms with Crippen LogP contribution in [0.2, 0.25) is 0 Å². The molecule has 1 unspecified atom stereocenters. The van der Waals surface area contributed by atoms with Gasteiger partial charge in [0, 0.05) is 4.47 Å². The lowest BCUT2D eigenvalue weighted by Gasteiger charge is -2.12. The van der Waals surface area contributed by atoms with Gasteiger partial charge in [0.25, 0.3) is 0 Å². The minimum absolute atomic E-state index is 0.187. The number of carbonyl (C=O) groups is 1. The zero-order valence-corrected chi connectivity index (χ0v) is 9.08. The molecule has 1 aromatic rings.